The van der Waals surface area contributed by atoms with Gasteiger partial charge >= 0.3 is 0 Å². The lowest BCUT2D eigenvalue weighted by Gasteiger charge is -1.98. The highest BCUT2D eigenvalue weighted by atomic mass is 19.1. The third-order valence-corrected chi connectivity index (χ3v) is 2.59. The Morgan fingerprint density at radius 2 is 1.81 bits per heavy atom. The van der Waals surface area contributed by atoms with Crippen LogP contribution in [-0.4, -0.2) is 9.97 Å². The second-order valence-electron chi connectivity index (χ2n) is 3.58. The summed E-state index contributed by atoms with van der Waals surface area (Å²) in [5.41, 5.74) is 2.03. The Hall–Kier alpha value is -2.16. The highest BCUT2D eigenvalue weighted by Crippen LogP contribution is 2.29. The molecule has 0 fully saturated rings. The molecule has 3 heteroatoms. The monoisotopic (exact) mass is 212 g/mol. The largest absolute Gasteiger partial charge is 0.316 e. The molecule has 0 bridgehead atoms. The molecule has 0 unspecified atom stereocenters. The van der Waals surface area contributed by atoms with Crippen molar-refractivity contribution in [1.29, 1.82) is 0 Å². The van der Waals surface area contributed by atoms with Crippen molar-refractivity contribution in [3.8, 4) is 11.1 Å². The molecule has 0 saturated carbocycles. The van der Waals surface area contributed by atoms with E-state index in [0.717, 1.165) is 10.9 Å². The number of nitrogens with one attached hydrogen (secondary N) is 1. The normalized spacial score (nSPS) is 10.8. The van der Waals surface area contributed by atoms with Gasteiger partial charge in [-0.1, -0.05) is 30.3 Å². The average Bonchev–Trinajstić information content (AvgIpc) is 2.66. The van der Waals surface area contributed by atoms with Gasteiger partial charge in [0.05, 0.1) is 0 Å². The number of hydrogen-bond acceptors (Lipinski definition) is 1. The Bertz CT molecular complexity index is 629. The van der Waals surface area contributed by atoms with Crippen molar-refractivity contribution in [3.63, 3.8) is 0 Å². The molecule has 0 aliphatic carbocycles. The first kappa shape index (κ1) is 9.09. The SMILES string of the molecule is Fc1[nH]c2ncccc2c1-c1ccccc1. The number of nitrogens with zero attached hydrogens (tertiary/aromatic N) is 1. The van der Waals surface area contributed by atoms with Crippen molar-refractivity contribution in [1.82, 2.24) is 9.97 Å². The average molecular weight is 212 g/mol. The molecule has 0 spiro atoms. The van der Waals surface area contributed by atoms with Crippen LogP contribution in [0.1, 0.15) is 0 Å². The van der Waals surface area contributed by atoms with E-state index in [4.69, 9.17) is 0 Å². The minimum Gasteiger partial charge on any atom is -0.316 e. The van der Waals surface area contributed by atoms with Crippen LogP contribution in [-0.2, 0) is 0 Å². The Balaban J connectivity index is 2.35. The van der Waals surface area contributed by atoms with Crippen molar-refractivity contribution in [2.24, 2.45) is 0 Å². The van der Waals surface area contributed by atoms with Gasteiger partial charge in [-0.25, -0.2) is 4.98 Å². The number of aromatic amines is 1. The summed E-state index contributed by atoms with van der Waals surface area (Å²) >= 11 is 0. The van der Waals surface area contributed by atoms with E-state index in [-0.39, 0.29) is 5.95 Å². The van der Waals surface area contributed by atoms with Crippen LogP contribution in [0.2, 0.25) is 0 Å². The van der Waals surface area contributed by atoms with Gasteiger partial charge in [-0.3, -0.25) is 0 Å². The molecule has 1 aromatic carbocycles. The van der Waals surface area contributed by atoms with Gasteiger partial charge in [0.2, 0.25) is 5.95 Å². The summed E-state index contributed by atoms with van der Waals surface area (Å²) in [4.78, 5) is 6.74. The van der Waals surface area contributed by atoms with Crippen LogP contribution in [0.5, 0.6) is 0 Å². The van der Waals surface area contributed by atoms with Gasteiger partial charge in [0.15, 0.2) is 0 Å². The third kappa shape index (κ3) is 1.29. The number of rotatable bonds is 1. The van der Waals surface area contributed by atoms with Crippen molar-refractivity contribution >= 4 is 11.0 Å². The summed E-state index contributed by atoms with van der Waals surface area (Å²) in [6.07, 6.45) is 1.65. The smallest absolute Gasteiger partial charge is 0.201 e. The van der Waals surface area contributed by atoms with Crippen LogP contribution in [0.4, 0.5) is 4.39 Å². The molecule has 0 radical (unpaired) electrons. The Morgan fingerprint density at radius 3 is 2.62 bits per heavy atom. The summed E-state index contributed by atoms with van der Waals surface area (Å²) in [5, 5.41) is 0.811. The van der Waals surface area contributed by atoms with Crippen LogP contribution in [0, 0.1) is 5.95 Å². The number of hydrogen-bond donors (Lipinski definition) is 1. The highest BCUT2D eigenvalue weighted by molar-refractivity contribution is 5.93. The molecule has 16 heavy (non-hydrogen) atoms. The van der Waals surface area contributed by atoms with E-state index in [1.165, 1.54) is 0 Å². The van der Waals surface area contributed by atoms with E-state index in [9.17, 15) is 4.39 Å². The van der Waals surface area contributed by atoms with Gasteiger partial charge in [-0.2, -0.15) is 4.39 Å². The fourth-order valence-corrected chi connectivity index (χ4v) is 1.88. The minimum absolute atomic E-state index is 0.333. The fraction of sp³-hybridized carbons (Fsp3) is 0. The van der Waals surface area contributed by atoms with Crippen molar-refractivity contribution in [2.75, 3.05) is 0 Å². The maximum Gasteiger partial charge on any atom is 0.201 e. The molecule has 3 aromatic rings. The maximum atomic E-state index is 13.8. The van der Waals surface area contributed by atoms with E-state index in [2.05, 4.69) is 9.97 Å². The topological polar surface area (TPSA) is 28.7 Å². The number of aromatic nitrogens is 2. The van der Waals surface area contributed by atoms with Gasteiger partial charge in [0.25, 0.3) is 0 Å². The van der Waals surface area contributed by atoms with Gasteiger partial charge in [0, 0.05) is 17.1 Å². The van der Waals surface area contributed by atoms with Gasteiger partial charge in [0.1, 0.15) is 5.65 Å². The lowest BCUT2D eigenvalue weighted by molar-refractivity contribution is 0.597. The molecular weight excluding hydrogens is 203 g/mol. The minimum atomic E-state index is -0.333. The van der Waals surface area contributed by atoms with Gasteiger partial charge < -0.3 is 4.98 Å². The second kappa shape index (κ2) is 3.45. The second-order valence-corrected chi connectivity index (χ2v) is 3.58. The summed E-state index contributed by atoms with van der Waals surface area (Å²) in [6, 6.07) is 13.1. The van der Waals surface area contributed by atoms with Crippen LogP contribution in [0.15, 0.2) is 48.7 Å². The van der Waals surface area contributed by atoms with E-state index in [1.54, 1.807) is 6.20 Å². The quantitative estimate of drug-likeness (QED) is 0.658. The highest BCUT2D eigenvalue weighted by Gasteiger charge is 2.12. The molecule has 0 saturated heterocycles. The number of fused-ring (bicyclic) bond motifs is 1. The van der Waals surface area contributed by atoms with Crippen LogP contribution in [0.25, 0.3) is 22.2 Å². The summed E-state index contributed by atoms with van der Waals surface area (Å²) in [5.74, 6) is -0.333. The predicted molar refractivity (Wildman–Crippen MR) is 61.5 cm³/mol. The first-order chi connectivity index (χ1) is 7.86. The van der Waals surface area contributed by atoms with Crippen LogP contribution >= 0.6 is 0 Å². The number of pyridine rings is 1. The first-order valence-electron chi connectivity index (χ1n) is 5.04. The summed E-state index contributed by atoms with van der Waals surface area (Å²) in [7, 11) is 0. The zero-order valence-corrected chi connectivity index (χ0v) is 8.44. The lowest BCUT2D eigenvalue weighted by Crippen LogP contribution is -1.79. The van der Waals surface area contributed by atoms with Gasteiger partial charge in [-0.05, 0) is 17.7 Å². The Kier molecular flexibility index (Phi) is 1.96. The van der Waals surface area contributed by atoms with E-state index in [1.807, 2.05) is 42.5 Å². The van der Waals surface area contributed by atoms with E-state index < -0.39 is 0 Å². The predicted octanol–water partition coefficient (Wildman–Crippen LogP) is 3.37. The molecule has 78 valence electrons. The number of halogens is 1. The van der Waals surface area contributed by atoms with E-state index >= 15 is 0 Å². The molecule has 0 aliphatic rings. The lowest BCUT2D eigenvalue weighted by atomic mass is 10.1. The standard InChI is InChI=1S/C13H9FN2/c14-12-11(9-5-2-1-3-6-9)10-7-4-8-15-13(10)16-12/h1-8H,(H,15,16). The Labute approximate surface area is 91.8 Å². The molecule has 1 N–H and O–H groups in total. The number of H-pyrrole nitrogens is 1. The van der Waals surface area contributed by atoms with Gasteiger partial charge in [-0.15, -0.1) is 0 Å². The van der Waals surface area contributed by atoms with Crippen LogP contribution < -0.4 is 0 Å². The molecule has 3 rings (SSSR count). The molecule has 2 heterocycles. The third-order valence-electron chi connectivity index (χ3n) is 2.59. The Morgan fingerprint density at radius 1 is 1.00 bits per heavy atom. The molecular formula is C13H9FN2. The number of benzene rings is 1. The fourth-order valence-electron chi connectivity index (χ4n) is 1.88. The van der Waals surface area contributed by atoms with Crippen LogP contribution in [0.3, 0.4) is 0 Å². The zero-order valence-electron chi connectivity index (χ0n) is 8.44. The molecule has 0 aliphatic heterocycles. The molecule has 0 amide bonds. The van der Waals surface area contributed by atoms with Crippen molar-refractivity contribution in [2.45, 2.75) is 0 Å². The molecule has 0 atom stereocenters. The first-order valence-corrected chi connectivity index (χ1v) is 5.04. The molecule has 2 aromatic heterocycles. The molecule has 2 nitrogen and oxygen atoms in total. The van der Waals surface area contributed by atoms with E-state index in [0.29, 0.717) is 11.2 Å². The summed E-state index contributed by atoms with van der Waals surface area (Å²) in [6.45, 7) is 0. The van der Waals surface area contributed by atoms with Crippen molar-refractivity contribution < 1.29 is 4.39 Å². The zero-order chi connectivity index (χ0) is 11.0. The maximum absolute atomic E-state index is 13.8. The van der Waals surface area contributed by atoms with Crippen molar-refractivity contribution in [3.05, 3.63) is 54.6 Å². The summed E-state index contributed by atoms with van der Waals surface area (Å²) < 4.78 is 13.8.